The van der Waals surface area contributed by atoms with Crippen LogP contribution in [0.2, 0.25) is 0 Å². The summed E-state index contributed by atoms with van der Waals surface area (Å²) in [6.07, 6.45) is 2.46. The van der Waals surface area contributed by atoms with E-state index in [0.29, 0.717) is 5.92 Å². The van der Waals surface area contributed by atoms with Crippen molar-refractivity contribution >= 4 is 6.08 Å². The molecule has 0 atom stereocenters. The Labute approximate surface area is 129 Å². The van der Waals surface area contributed by atoms with Gasteiger partial charge in [0.05, 0.1) is 12.7 Å². The van der Waals surface area contributed by atoms with Crippen molar-refractivity contribution in [3.05, 3.63) is 35.4 Å². The summed E-state index contributed by atoms with van der Waals surface area (Å²) in [7, 11) is 1.72. The van der Waals surface area contributed by atoms with Crippen molar-refractivity contribution in [3.8, 4) is 5.75 Å². The lowest BCUT2D eigenvalue weighted by molar-refractivity contribution is 0.200. The molecular weight excluding hydrogens is 262 g/mol. The molecule has 1 aromatic rings. The van der Waals surface area contributed by atoms with Crippen molar-refractivity contribution in [2.45, 2.75) is 33.8 Å². The minimum absolute atomic E-state index is 0.211. The van der Waals surface area contributed by atoms with Gasteiger partial charge in [0.15, 0.2) is 0 Å². The average Bonchev–Trinajstić information content (AvgIpc) is 2.43. The molecule has 0 aliphatic heterocycles. The molecule has 0 aliphatic rings. The number of hydrogen-bond donors (Lipinski definition) is 1. The molecule has 0 aromatic heterocycles. The van der Waals surface area contributed by atoms with Gasteiger partial charge in [0.2, 0.25) is 0 Å². The SMILES string of the molecule is COCCNCC(=Cc1ccc(OC(C)C)cc1)C(C)C. The van der Waals surface area contributed by atoms with Crippen molar-refractivity contribution in [2.75, 3.05) is 26.8 Å². The zero-order chi connectivity index (χ0) is 15.7. The van der Waals surface area contributed by atoms with Crippen LogP contribution in [0.4, 0.5) is 0 Å². The van der Waals surface area contributed by atoms with Crippen LogP contribution in [0.5, 0.6) is 5.75 Å². The molecule has 0 heterocycles. The highest BCUT2D eigenvalue weighted by Crippen LogP contribution is 2.18. The molecule has 118 valence electrons. The number of benzene rings is 1. The van der Waals surface area contributed by atoms with Crippen LogP contribution in [-0.4, -0.2) is 32.9 Å². The molecule has 0 spiro atoms. The van der Waals surface area contributed by atoms with E-state index >= 15 is 0 Å². The molecule has 0 saturated carbocycles. The first-order valence-corrected chi connectivity index (χ1v) is 7.69. The van der Waals surface area contributed by atoms with Crippen LogP contribution in [0.1, 0.15) is 33.3 Å². The first-order valence-electron chi connectivity index (χ1n) is 7.69. The van der Waals surface area contributed by atoms with Crippen LogP contribution in [0, 0.1) is 5.92 Å². The highest BCUT2D eigenvalue weighted by Gasteiger charge is 2.04. The van der Waals surface area contributed by atoms with Gasteiger partial charge >= 0.3 is 0 Å². The Bertz CT molecular complexity index is 421. The third-order valence-electron chi connectivity index (χ3n) is 3.16. The van der Waals surface area contributed by atoms with Crippen LogP contribution in [0.3, 0.4) is 0 Å². The second-order valence-corrected chi connectivity index (χ2v) is 5.78. The first-order chi connectivity index (χ1) is 10.0. The van der Waals surface area contributed by atoms with Crippen molar-refractivity contribution in [3.63, 3.8) is 0 Å². The van der Waals surface area contributed by atoms with Gasteiger partial charge in [-0.25, -0.2) is 0 Å². The van der Waals surface area contributed by atoms with Gasteiger partial charge in [0.1, 0.15) is 5.75 Å². The average molecular weight is 291 g/mol. The molecule has 0 aliphatic carbocycles. The van der Waals surface area contributed by atoms with E-state index < -0.39 is 0 Å². The molecule has 3 nitrogen and oxygen atoms in total. The molecule has 1 rings (SSSR count). The molecule has 0 amide bonds. The summed E-state index contributed by atoms with van der Waals surface area (Å²) >= 11 is 0. The van der Waals surface area contributed by atoms with Crippen LogP contribution < -0.4 is 10.1 Å². The Morgan fingerprint density at radius 1 is 1.14 bits per heavy atom. The van der Waals surface area contributed by atoms with Crippen molar-refractivity contribution < 1.29 is 9.47 Å². The number of rotatable bonds is 9. The van der Waals surface area contributed by atoms with Crippen molar-refractivity contribution in [1.29, 1.82) is 0 Å². The van der Waals surface area contributed by atoms with E-state index in [1.807, 2.05) is 26.0 Å². The summed E-state index contributed by atoms with van der Waals surface area (Å²) in [6.45, 7) is 11.0. The summed E-state index contributed by atoms with van der Waals surface area (Å²) in [6, 6.07) is 8.27. The van der Waals surface area contributed by atoms with Gasteiger partial charge < -0.3 is 14.8 Å². The Balaban J connectivity index is 2.66. The van der Waals surface area contributed by atoms with Gasteiger partial charge in [-0.15, -0.1) is 0 Å². The van der Waals surface area contributed by atoms with Gasteiger partial charge in [-0.2, -0.15) is 0 Å². The maximum atomic E-state index is 5.67. The zero-order valence-corrected chi connectivity index (χ0v) is 14.0. The zero-order valence-electron chi connectivity index (χ0n) is 14.0. The fourth-order valence-corrected chi connectivity index (χ4v) is 1.96. The highest BCUT2D eigenvalue weighted by molar-refractivity contribution is 5.54. The molecule has 0 fully saturated rings. The van der Waals surface area contributed by atoms with E-state index in [1.54, 1.807) is 7.11 Å². The van der Waals surface area contributed by atoms with Gasteiger partial charge in [-0.3, -0.25) is 0 Å². The largest absolute Gasteiger partial charge is 0.491 e. The van der Waals surface area contributed by atoms with Crippen LogP contribution in [-0.2, 0) is 4.74 Å². The molecule has 3 heteroatoms. The first kappa shape index (κ1) is 17.7. The summed E-state index contributed by atoms with van der Waals surface area (Å²) in [5.41, 5.74) is 2.60. The third-order valence-corrected chi connectivity index (χ3v) is 3.16. The van der Waals surface area contributed by atoms with Crippen molar-refractivity contribution in [2.24, 2.45) is 5.92 Å². The fraction of sp³-hybridized carbons (Fsp3) is 0.556. The van der Waals surface area contributed by atoms with E-state index in [4.69, 9.17) is 9.47 Å². The van der Waals surface area contributed by atoms with Crippen LogP contribution in [0.15, 0.2) is 29.8 Å². The molecule has 1 N–H and O–H groups in total. The molecule has 1 aromatic carbocycles. The summed E-state index contributed by atoms with van der Waals surface area (Å²) in [4.78, 5) is 0. The van der Waals surface area contributed by atoms with Crippen molar-refractivity contribution in [1.82, 2.24) is 5.32 Å². The minimum atomic E-state index is 0.211. The van der Waals surface area contributed by atoms with E-state index in [-0.39, 0.29) is 6.10 Å². The number of ether oxygens (including phenoxy) is 2. The lowest BCUT2D eigenvalue weighted by Crippen LogP contribution is -2.23. The van der Waals surface area contributed by atoms with Gasteiger partial charge in [-0.1, -0.05) is 37.6 Å². The monoisotopic (exact) mass is 291 g/mol. The topological polar surface area (TPSA) is 30.5 Å². The minimum Gasteiger partial charge on any atom is -0.491 e. The van der Waals surface area contributed by atoms with Gasteiger partial charge in [0.25, 0.3) is 0 Å². The van der Waals surface area contributed by atoms with Crippen LogP contribution in [0.25, 0.3) is 6.08 Å². The van der Waals surface area contributed by atoms with E-state index in [2.05, 4.69) is 37.4 Å². The summed E-state index contributed by atoms with van der Waals surface area (Å²) in [5.74, 6) is 1.44. The standard InChI is InChI=1S/C18H29NO2/c1-14(2)17(13-19-10-11-20-5)12-16-6-8-18(9-7-16)21-15(3)4/h6-9,12,14-15,19H,10-11,13H2,1-5H3. The lowest BCUT2D eigenvalue weighted by Gasteiger charge is -2.13. The Morgan fingerprint density at radius 3 is 2.33 bits per heavy atom. The molecule has 21 heavy (non-hydrogen) atoms. The quantitative estimate of drug-likeness (QED) is 0.703. The molecule has 0 unspecified atom stereocenters. The third kappa shape index (κ3) is 7.30. The predicted molar refractivity (Wildman–Crippen MR) is 89.8 cm³/mol. The second-order valence-electron chi connectivity index (χ2n) is 5.78. The lowest BCUT2D eigenvalue weighted by atomic mass is 10.00. The van der Waals surface area contributed by atoms with E-state index in [1.165, 1.54) is 11.1 Å². The molecular formula is C18H29NO2. The molecule has 0 saturated heterocycles. The second kappa shape index (κ2) is 9.59. The Kier molecular flexibility index (Phi) is 8.09. The van der Waals surface area contributed by atoms with Gasteiger partial charge in [-0.05, 0) is 37.5 Å². The normalized spacial score (nSPS) is 12.2. The summed E-state index contributed by atoms with van der Waals surface area (Å²) < 4.78 is 10.7. The van der Waals surface area contributed by atoms with E-state index in [0.717, 1.165) is 25.4 Å². The molecule has 0 bridgehead atoms. The number of nitrogens with one attached hydrogen (secondary N) is 1. The Morgan fingerprint density at radius 2 is 1.81 bits per heavy atom. The Hall–Kier alpha value is -1.32. The summed E-state index contributed by atoms with van der Waals surface area (Å²) in [5, 5.41) is 3.41. The predicted octanol–water partition coefficient (Wildman–Crippen LogP) is 3.75. The fourth-order valence-electron chi connectivity index (χ4n) is 1.96. The maximum absolute atomic E-state index is 5.67. The molecule has 0 radical (unpaired) electrons. The number of methoxy groups -OCH3 is 1. The maximum Gasteiger partial charge on any atom is 0.119 e. The smallest absolute Gasteiger partial charge is 0.119 e. The van der Waals surface area contributed by atoms with Crippen LogP contribution >= 0.6 is 0 Å². The number of hydrogen-bond acceptors (Lipinski definition) is 3. The highest BCUT2D eigenvalue weighted by atomic mass is 16.5. The van der Waals surface area contributed by atoms with Gasteiger partial charge in [0, 0.05) is 20.2 Å². The van der Waals surface area contributed by atoms with E-state index in [9.17, 15) is 0 Å².